The highest BCUT2D eigenvalue weighted by Gasteiger charge is 2.19. The van der Waals surface area contributed by atoms with Crippen molar-refractivity contribution < 1.29 is 38.6 Å². The molecule has 10 nitrogen and oxygen atoms in total. The summed E-state index contributed by atoms with van der Waals surface area (Å²) in [6.45, 7) is 10.1. The predicted molar refractivity (Wildman–Crippen MR) is 141 cm³/mol. The van der Waals surface area contributed by atoms with Gasteiger partial charge in [-0.1, -0.05) is 26.0 Å². The molecule has 2 heterocycles. The highest BCUT2D eigenvalue weighted by molar-refractivity contribution is 5.45. The fourth-order valence-electron chi connectivity index (χ4n) is 4.47. The van der Waals surface area contributed by atoms with Crippen LogP contribution in [0.2, 0.25) is 0 Å². The van der Waals surface area contributed by atoms with Crippen molar-refractivity contribution in [3.8, 4) is 23.0 Å². The largest absolute Gasteiger partial charge is 0.454 e. The smallest absolute Gasteiger partial charge is 0.231 e. The van der Waals surface area contributed by atoms with Crippen LogP contribution in [0.3, 0.4) is 0 Å². The summed E-state index contributed by atoms with van der Waals surface area (Å²) >= 11 is 0. The molecule has 2 aromatic rings. The van der Waals surface area contributed by atoms with Crippen LogP contribution in [0.15, 0.2) is 36.4 Å². The molecule has 0 amide bonds. The quantitative estimate of drug-likeness (QED) is 0.315. The molecule has 2 N–H and O–H groups in total. The van der Waals surface area contributed by atoms with Crippen molar-refractivity contribution in [1.29, 1.82) is 0 Å². The van der Waals surface area contributed by atoms with E-state index in [1.807, 2.05) is 36.4 Å². The maximum Gasteiger partial charge on any atom is 0.231 e. The van der Waals surface area contributed by atoms with Gasteiger partial charge in [0.25, 0.3) is 0 Å². The number of rotatable bonds is 17. The van der Waals surface area contributed by atoms with Gasteiger partial charge in [0.15, 0.2) is 23.0 Å². The zero-order valence-electron chi connectivity index (χ0n) is 22.3. The van der Waals surface area contributed by atoms with Crippen LogP contribution in [0.25, 0.3) is 0 Å². The number of likely N-dealkylation sites (N-methyl/N-ethyl adjacent to an activating group) is 1. The average Bonchev–Trinajstić information content (AvgIpc) is 3.58. The molecule has 4 rings (SSSR count). The lowest BCUT2D eigenvalue weighted by molar-refractivity contribution is -0.0171. The molecule has 0 fully saturated rings. The van der Waals surface area contributed by atoms with Gasteiger partial charge >= 0.3 is 0 Å². The van der Waals surface area contributed by atoms with Gasteiger partial charge in [-0.2, -0.15) is 0 Å². The third-order valence-electron chi connectivity index (χ3n) is 6.60. The van der Waals surface area contributed by atoms with E-state index in [0.29, 0.717) is 37.8 Å². The van der Waals surface area contributed by atoms with Crippen molar-refractivity contribution >= 4 is 0 Å². The minimum atomic E-state index is -0.692. The first kappa shape index (κ1) is 28.4. The van der Waals surface area contributed by atoms with Gasteiger partial charge in [0, 0.05) is 26.2 Å². The molecule has 0 bridgehead atoms. The minimum absolute atomic E-state index is 0.187. The van der Waals surface area contributed by atoms with Crippen molar-refractivity contribution in [2.75, 3.05) is 66.1 Å². The lowest BCUT2D eigenvalue weighted by Crippen LogP contribution is -2.44. The first-order chi connectivity index (χ1) is 18.5. The summed E-state index contributed by atoms with van der Waals surface area (Å²) in [5, 5.41) is 21.4. The molecule has 2 aromatic carbocycles. The first-order valence-electron chi connectivity index (χ1n) is 13.3. The Hall–Kier alpha value is -2.60. The van der Waals surface area contributed by atoms with Crippen LogP contribution in [-0.2, 0) is 22.7 Å². The summed E-state index contributed by atoms with van der Waals surface area (Å²) in [5.74, 6) is 2.89. The molecule has 0 saturated carbocycles. The molecule has 0 saturated heterocycles. The Labute approximate surface area is 224 Å². The Bertz CT molecular complexity index is 931. The van der Waals surface area contributed by atoms with Crippen LogP contribution in [0.4, 0.5) is 0 Å². The van der Waals surface area contributed by atoms with Crippen molar-refractivity contribution in [2.45, 2.75) is 39.3 Å². The molecule has 0 spiro atoms. The van der Waals surface area contributed by atoms with E-state index < -0.39 is 12.2 Å². The van der Waals surface area contributed by atoms with Crippen molar-refractivity contribution in [1.82, 2.24) is 9.80 Å². The molecule has 210 valence electrons. The number of aliphatic hydroxyl groups excluding tert-OH is 2. The molecule has 10 heteroatoms. The maximum absolute atomic E-state index is 10.7. The Morgan fingerprint density at radius 3 is 1.61 bits per heavy atom. The number of hydrogen-bond acceptors (Lipinski definition) is 10. The van der Waals surface area contributed by atoms with E-state index in [1.165, 1.54) is 0 Å². The van der Waals surface area contributed by atoms with E-state index in [1.54, 1.807) is 0 Å². The summed E-state index contributed by atoms with van der Waals surface area (Å²) in [6.07, 6.45) is -1.38. The van der Waals surface area contributed by atoms with Crippen LogP contribution in [0.5, 0.6) is 23.0 Å². The molecule has 38 heavy (non-hydrogen) atoms. The van der Waals surface area contributed by atoms with Crippen molar-refractivity contribution in [2.24, 2.45) is 0 Å². The average molecular weight is 533 g/mol. The summed E-state index contributed by atoms with van der Waals surface area (Å²) in [7, 11) is 0. The maximum atomic E-state index is 10.7. The highest BCUT2D eigenvalue weighted by atomic mass is 16.7. The lowest BCUT2D eigenvalue weighted by Gasteiger charge is -2.29. The topological polar surface area (TPSA) is 102 Å². The second-order valence-corrected chi connectivity index (χ2v) is 9.50. The molecule has 2 atom stereocenters. The molecule has 0 aliphatic carbocycles. The number of fused-ring (bicyclic) bond motifs is 2. The molecule has 0 unspecified atom stereocenters. The molecular weight excluding hydrogens is 492 g/mol. The van der Waals surface area contributed by atoms with Crippen molar-refractivity contribution in [3.05, 3.63) is 47.5 Å². The number of nitrogens with zero attached hydrogens (tertiary/aromatic N) is 2. The van der Waals surface area contributed by atoms with E-state index in [-0.39, 0.29) is 26.8 Å². The zero-order valence-corrected chi connectivity index (χ0v) is 22.3. The van der Waals surface area contributed by atoms with Gasteiger partial charge in [-0.05, 0) is 48.5 Å². The summed E-state index contributed by atoms with van der Waals surface area (Å²) < 4.78 is 33.0. The second kappa shape index (κ2) is 14.5. The molecule has 2 aliphatic rings. The van der Waals surface area contributed by atoms with Gasteiger partial charge in [-0.3, -0.25) is 4.90 Å². The highest BCUT2D eigenvalue weighted by Crippen LogP contribution is 2.33. The third-order valence-corrected chi connectivity index (χ3v) is 6.60. The van der Waals surface area contributed by atoms with Crippen LogP contribution < -0.4 is 18.9 Å². The van der Waals surface area contributed by atoms with Crippen molar-refractivity contribution in [3.63, 3.8) is 0 Å². The number of aliphatic hydroxyl groups is 2. The van der Waals surface area contributed by atoms with Gasteiger partial charge in [0.1, 0.15) is 0 Å². The standard InChI is InChI=1S/C28H40N2O8/c1-3-29(4-2)9-10-30(13-23(31)17-33-15-21-5-7-25-27(11-21)37-19-35-25)14-24(32)18-34-16-22-6-8-26-28(12-22)38-20-36-26/h5-8,11-12,23-24,31-32H,3-4,9-10,13-20H2,1-2H3/t23-,24+. The van der Waals surface area contributed by atoms with Crippen LogP contribution in [-0.4, -0.2) is 98.3 Å². The summed E-state index contributed by atoms with van der Waals surface area (Å²) in [5.41, 5.74) is 1.91. The Kier molecular flexibility index (Phi) is 10.9. The normalized spacial score (nSPS) is 15.4. The van der Waals surface area contributed by atoms with Crippen LogP contribution in [0, 0.1) is 0 Å². The Balaban J connectivity index is 1.21. The molecule has 0 radical (unpaired) electrons. The number of benzene rings is 2. The molecule has 0 aromatic heterocycles. The predicted octanol–water partition coefficient (Wildman–Crippen LogP) is 2.24. The Morgan fingerprint density at radius 1 is 0.684 bits per heavy atom. The Morgan fingerprint density at radius 2 is 1.13 bits per heavy atom. The summed E-state index contributed by atoms with van der Waals surface area (Å²) in [4.78, 5) is 4.39. The van der Waals surface area contributed by atoms with Gasteiger partial charge < -0.3 is 43.5 Å². The van der Waals surface area contributed by atoms with E-state index >= 15 is 0 Å². The van der Waals surface area contributed by atoms with Gasteiger partial charge in [-0.15, -0.1) is 0 Å². The number of ether oxygens (including phenoxy) is 6. The van der Waals surface area contributed by atoms with E-state index in [4.69, 9.17) is 28.4 Å². The zero-order chi connectivity index (χ0) is 26.7. The van der Waals surface area contributed by atoms with Gasteiger partial charge in [-0.25, -0.2) is 0 Å². The lowest BCUT2D eigenvalue weighted by atomic mass is 10.2. The van der Waals surface area contributed by atoms with E-state index in [0.717, 1.165) is 48.8 Å². The van der Waals surface area contributed by atoms with Crippen LogP contribution in [0.1, 0.15) is 25.0 Å². The molecule has 2 aliphatic heterocycles. The summed E-state index contributed by atoms with van der Waals surface area (Å²) in [6, 6.07) is 11.4. The fraction of sp³-hybridized carbons (Fsp3) is 0.571. The van der Waals surface area contributed by atoms with Crippen LogP contribution >= 0.6 is 0 Å². The van der Waals surface area contributed by atoms with E-state index in [2.05, 4.69) is 23.6 Å². The van der Waals surface area contributed by atoms with E-state index in [9.17, 15) is 10.2 Å². The fourth-order valence-corrected chi connectivity index (χ4v) is 4.47. The first-order valence-corrected chi connectivity index (χ1v) is 13.3. The van der Waals surface area contributed by atoms with Gasteiger partial charge in [0.2, 0.25) is 13.6 Å². The number of hydrogen-bond donors (Lipinski definition) is 2. The second-order valence-electron chi connectivity index (χ2n) is 9.50. The minimum Gasteiger partial charge on any atom is -0.454 e. The van der Waals surface area contributed by atoms with Gasteiger partial charge in [0.05, 0.1) is 38.6 Å². The molecular formula is C28H40N2O8. The monoisotopic (exact) mass is 532 g/mol. The third kappa shape index (κ3) is 8.45. The SMILES string of the molecule is CCN(CC)CCN(C[C@H](O)COCc1ccc2c(c1)OCO2)C[C@@H](O)COCc1ccc2c(c1)OCO2.